The van der Waals surface area contributed by atoms with Gasteiger partial charge in [-0.05, 0) is 54.1 Å². The second kappa shape index (κ2) is 9.73. The lowest BCUT2D eigenvalue weighted by Crippen LogP contribution is -2.37. The highest BCUT2D eigenvalue weighted by atomic mass is 32.1. The van der Waals surface area contributed by atoms with Crippen molar-refractivity contribution in [1.29, 1.82) is 0 Å². The van der Waals surface area contributed by atoms with E-state index in [1.165, 1.54) is 15.3 Å². The number of rotatable bonds is 7. The topological polar surface area (TPSA) is 58.5 Å². The van der Waals surface area contributed by atoms with E-state index in [0.717, 1.165) is 36.9 Å². The lowest BCUT2D eigenvalue weighted by Gasteiger charge is -2.10. The molecule has 0 fully saturated rings. The number of nitrogens with one attached hydrogen (secondary N) is 2. The van der Waals surface area contributed by atoms with Crippen molar-refractivity contribution in [1.82, 2.24) is 15.6 Å². The van der Waals surface area contributed by atoms with E-state index in [1.807, 2.05) is 36.5 Å². The summed E-state index contributed by atoms with van der Waals surface area (Å²) in [5, 5.41) is 6.69. The van der Waals surface area contributed by atoms with Crippen molar-refractivity contribution in [3.63, 3.8) is 0 Å². The van der Waals surface area contributed by atoms with Gasteiger partial charge in [-0.15, -0.1) is 11.3 Å². The number of hydrogen-bond acceptors (Lipinski definition) is 4. The van der Waals surface area contributed by atoms with Crippen LogP contribution in [-0.2, 0) is 13.0 Å². The third-order valence-corrected chi connectivity index (χ3v) is 5.22. The van der Waals surface area contributed by atoms with Crippen LogP contribution in [0.3, 0.4) is 0 Å². The number of hydrogen-bond donors (Lipinski definition) is 2. The molecule has 1 aromatic carbocycles. The van der Waals surface area contributed by atoms with Gasteiger partial charge in [-0.3, -0.25) is 9.98 Å². The Morgan fingerprint density at radius 3 is 2.63 bits per heavy atom. The van der Waals surface area contributed by atoms with Crippen molar-refractivity contribution in [2.24, 2.45) is 4.99 Å². The zero-order chi connectivity index (χ0) is 18.9. The fraction of sp³-hybridized carbons (Fsp3) is 0.238. The maximum Gasteiger partial charge on any atom is 0.191 e. The molecular weight excluding hydrogens is 356 g/mol. The monoisotopic (exact) mass is 380 g/mol. The van der Waals surface area contributed by atoms with Crippen molar-refractivity contribution in [3.8, 4) is 16.2 Å². The van der Waals surface area contributed by atoms with Gasteiger partial charge in [0.25, 0.3) is 0 Å². The first-order valence-electron chi connectivity index (χ1n) is 8.86. The number of ether oxygens (including phenoxy) is 1. The smallest absolute Gasteiger partial charge is 0.191 e. The number of nitrogens with zero attached hydrogens (tertiary/aromatic N) is 2. The van der Waals surface area contributed by atoms with Gasteiger partial charge in [0.05, 0.1) is 13.7 Å². The molecule has 0 spiro atoms. The van der Waals surface area contributed by atoms with E-state index in [4.69, 9.17) is 4.74 Å². The van der Waals surface area contributed by atoms with Gasteiger partial charge in [0, 0.05) is 41.7 Å². The third-order valence-electron chi connectivity index (χ3n) is 4.09. The fourth-order valence-electron chi connectivity index (χ4n) is 2.63. The van der Waals surface area contributed by atoms with Crippen LogP contribution in [0.25, 0.3) is 10.4 Å². The molecule has 0 unspecified atom stereocenters. The van der Waals surface area contributed by atoms with Crippen LogP contribution in [0, 0.1) is 0 Å². The standard InChI is InChI=1S/C21H24N4OS/c1-22-21(24-14-12-17-5-3-4-13-23-17)25-15-19-10-11-20(27-19)16-6-8-18(26-2)9-7-16/h3-11,13H,12,14-15H2,1-2H3,(H2,22,24,25). The van der Waals surface area contributed by atoms with E-state index in [-0.39, 0.29) is 0 Å². The summed E-state index contributed by atoms with van der Waals surface area (Å²) in [4.78, 5) is 11.1. The molecule has 140 valence electrons. The van der Waals surface area contributed by atoms with Crippen LogP contribution < -0.4 is 15.4 Å². The Morgan fingerprint density at radius 2 is 1.93 bits per heavy atom. The highest BCUT2D eigenvalue weighted by molar-refractivity contribution is 7.15. The van der Waals surface area contributed by atoms with Crippen molar-refractivity contribution < 1.29 is 4.74 Å². The van der Waals surface area contributed by atoms with Crippen LogP contribution >= 0.6 is 11.3 Å². The van der Waals surface area contributed by atoms with E-state index < -0.39 is 0 Å². The normalized spacial score (nSPS) is 11.3. The zero-order valence-corrected chi connectivity index (χ0v) is 16.4. The first-order chi connectivity index (χ1) is 13.3. The zero-order valence-electron chi connectivity index (χ0n) is 15.6. The molecule has 0 aliphatic rings. The lowest BCUT2D eigenvalue weighted by molar-refractivity contribution is 0.415. The molecular formula is C21H24N4OS. The predicted octanol–water partition coefficient (Wildman–Crippen LogP) is 3.73. The summed E-state index contributed by atoms with van der Waals surface area (Å²) in [5.41, 5.74) is 2.27. The van der Waals surface area contributed by atoms with Crippen LogP contribution in [-0.4, -0.2) is 31.6 Å². The van der Waals surface area contributed by atoms with Gasteiger partial charge in [0.1, 0.15) is 5.75 Å². The number of thiophene rings is 1. The Kier molecular flexibility index (Phi) is 6.82. The Bertz CT molecular complexity index is 859. The van der Waals surface area contributed by atoms with Gasteiger partial charge >= 0.3 is 0 Å². The van der Waals surface area contributed by atoms with Crippen LogP contribution in [0.2, 0.25) is 0 Å². The third kappa shape index (κ3) is 5.56. The van der Waals surface area contributed by atoms with E-state index in [1.54, 1.807) is 25.5 Å². The molecule has 3 aromatic rings. The number of benzene rings is 1. The second-order valence-electron chi connectivity index (χ2n) is 5.92. The van der Waals surface area contributed by atoms with Gasteiger partial charge in [-0.2, -0.15) is 0 Å². The molecule has 27 heavy (non-hydrogen) atoms. The summed E-state index contributed by atoms with van der Waals surface area (Å²) >= 11 is 1.78. The number of guanidine groups is 1. The van der Waals surface area contributed by atoms with Gasteiger partial charge in [0.15, 0.2) is 5.96 Å². The Hall–Kier alpha value is -2.86. The molecule has 5 nitrogen and oxygen atoms in total. The van der Waals surface area contributed by atoms with Gasteiger partial charge < -0.3 is 15.4 Å². The molecule has 0 radical (unpaired) electrons. The first-order valence-corrected chi connectivity index (χ1v) is 9.67. The van der Waals surface area contributed by atoms with E-state index in [2.05, 4.69) is 44.9 Å². The van der Waals surface area contributed by atoms with Gasteiger partial charge in [0.2, 0.25) is 0 Å². The molecule has 2 heterocycles. The van der Waals surface area contributed by atoms with E-state index in [0.29, 0.717) is 0 Å². The summed E-state index contributed by atoms with van der Waals surface area (Å²) < 4.78 is 5.22. The van der Waals surface area contributed by atoms with Crippen LogP contribution in [0.5, 0.6) is 5.75 Å². The first kappa shape index (κ1) is 18.9. The van der Waals surface area contributed by atoms with Gasteiger partial charge in [-0.25, -0.2) is 0 Å². The maximum absolute atomic E-state index is 5.22. The maximum atomic E-state index is 5.22. The molecule has 0 amide bonds. The minimum Gasteiger partial charge on any atom is -0.497 e. The Labute approximate surface area is 164 Å². The molecule has 2 aromatic heterocycles. The average Bonchev–Trinajstić information content (AvgIpc) is 3.20. The lowest BCUT2D eigenvalue weighted by atomic mass is 10.2. The quantitative estimate of drug-likeness (QED) is 0.484. The highest BCUT2D eigenvalue weighted by Crippen LogP contribution is 2.29. The summed E-state index contributed by atoms with van der Waals surface area (Å²) in [6.07, 6.45) is 2.68. The number of pyridine rings is 1. The van der Waals surface area contributed by atoms with Crippen LogP contribution in [0.4, 0.5) is 0 Å². The number of methoxy groups -OCH3 is 1. The molecule has 3 rings (SSSR count). The van der Waals surface area contributed by atoms with E-state index >= 15 is 0 Å². The molecule has 0 aliphatic carbocycles. The fourth-order valence-corrected chi connectivity index (χ4v) is 3.58. The van der Waals surface area contributed by atoms with E-state index in [9.17, 15) is 0 Å². The Morgan fingerprint density at radius 1 is 1.07 bits per heavy atom. The summed E-state index contributed by atoms with van der Waals surface area (Å²) in [6, 6.07) is 18.4. The van der Waals surface area contributed by atoms with Crippen molar-refractivity contribution in [3.05, 3.63) is 71.4 Å². The average molecular weight is 381 g/mol. The minimum atomic E-state index is 0.740. The summed E-state index contributed by atoms with van der Waals surface area (Å²) in [7, 11) is 3.47. The van der Waals surface area contributed by atoms with Crippen LogP contribution in [0.15, 0.2) is 65.8 Å². The minimum absolute atomic E-state index is 0.740. The molecule has 6 heteroatoms. The predicted molar refractivity (Wildman–Crippen MR) is 112 cm³/mol. The van der Waals surface area contributed by atoms with Gasteiger partial charge in [-0.1, -0.05) is 6.07 Å². The van der Waals surface area contributed by atoms with Crippen molar-refractivity contribution in [2.75, 3.05) is 20.7 Å². The number of aromatic nitrogens is 1. The highest BCUT2D eigenvalue weighted by Gasteiger charge is 2.05. The molecule has 0 saturated carbocycles. The molecule has 2 N–H and O–H groups in total. The van der Waals surface area contributed by atoms with Crippen LogP contribution in [0.1, 0.15) is 10.6 Å². The second-order valence-corrected chi connectivity index (χ2v) is 7.09. The summed E-state index contributed by atoms with van der Waals surface area (Å²) in [6.45, 7) is 1.53. The number of aliphatic imine (C=N–C) groups is 1. The van der Waals surface area contributed by atoms with Crippen molar-refractivity contribution in [2.45, 2.75) is 13.0 Å². The molecule has 0 saturated heterocycles. The molecule has 0 bridgehead atoms. The van der Waals surface area contributed by atoms with Crippen molar-refractivity contribution >= 4 is 17.3 Å². The summed E-state index contributed by atoms with van der Waals surface area (Å²) in [5.74, 6) is 1.67. The Balaban J connectivity index is 1.49. The molecule has 0 aliphatic heterocycles. The largest absolute Gasteiger partial charge is 0.497 e. The molecule has 0 atom stereocenters. The SMILES string of the molecule is CN=C(NCCc1ccccn1)NCc1ccc(-c2ccc(OC)cc2)s1.